The summed E-state index contributed by atoms with van der Waals surface area (Å²) in [5, 5.41) is 2.97. The number of amides is 1. The van der Waals surface area contributed by atoms with Gasteiger partial charge in [-0.3, -0.25) is 9.36 Å². The summed E-state index contributed by atoms with van der Waals surface area (Å²) in [6, 6.07) is 11.3. The number of imidazole rings is 1. The summed E-state index contributed by atoms with van der Waals surface area (Å²) in [4.78, 5) is 32.5. The normalized spacial score (nSPS) is 15.5. The molecule has 0 unspecified atom stereocenters. The van der Waals surface area contributed by atoms with Gasteiger partial charge in [-0.1, -0.05) is 24.6 Å². The van der Waals surface area contributed by atoms with Crippen LogP contribution in [0.1, 0.15) is 25.3 Å². The second-order valence-corrected chi connectivity index (χ2v) is 8.26. The van der Waals surface area contributed by atoms with Crippen molar-refractivity contribution >= 4 is 17.1 Å². The minimum Gasteiger partial charge on any atom is -0.353 e. The van der Waals surface area contributed by atoms with E-state index >= 15 is 0 Å². The number of benzene rings is 1. The number of piperidine rings is 1. The molecule has 0 spiro atoms. The van der Waals surface area contributed by atoms with E-state index in [-0.39, 0.29) is 18.1 Å². The van der Waals surface area contributed by atoms with E-state index in [1.54, 1.807) is 16.8 Å². The van der Waals surface area contributed by atoms with E-state index in [4.69, 9.17) is 0 Å². The first-order valence-corrected chi connectivity index (χ1v) is 10.7. The number of likely N-dealkylation sites (tertiary alicyclic amines) is 1. The Hall–Kier alpha value is -2.93. The van der Waals surface area contributed by atoms with Crippen molar-refractivity contribution in [1.82, 2.24) is 24.3 Å². The van der Waals surface area contributed by atoms with Crippen LogP contribution in [0.15, 0.2) is 47.4 Å². The Kier molecular flexibility index (Phi) is 5.99. The molecule has 2 aromatic heterocycles. The average molecular weight is 408 g/mol. The minimum absolute atomic E-state index is 0.0169. The molecule has 7 nitrogen and oxygen atoms in total. The van der Waals surface area contributed by atoms with Crippen molar-refractivity contribution in [2.75, 3.05) is 26.2 Å². The van der Waals surface area contributed by atoms with Gasteiger partial charge in [-0.05, 0) is 63.0 Å². The van der Waals surface area contributed by atoms with Crippen LogP contribution < -0.4 is 11.0 Å². The average Bonchev–Trinajstić information content (AvgIpc) is 3.02. The second kappa shape index (κ2) is 8.83. The fourth-order valence-electron chi connectivity index (χ4n) is 4.00. The lowest BCUT2D eigenvalue weighted by molar-refractivity contribution is -0.121. The summed E-state index contributed by atoms with van der Waals surface area (Å²) >= 11 is 0. The zero-order chi connectivity index (χ0) is 21.1. The maximum Gasteiger partial charge on any atom is 0.335 e. The Bertz CT molecular complexity index is 1080. The van der Waals surface area contributed by atoms with Gasteiger partial charge in [0, 0.05) is 19.3 Å². The van der Waals surface area contributed by atoms with Crippen molar-refractivity contribution in [1.29, 1.82) is 0 Å². The Balaban J connectivity index is 1.49. The van der Waals surface area contributed by atoms with E-state index < -0.39 is 0 Å². The van der Waals surface area contributed by atoms with Crippen molar-refractivity contribution < 1.29 is 4.79 Å². The highest BCUT2D eigenvalue weighted by atomic mass is 16.2. The lowest BCUT2D eigenvalue weighted by atomic mass is 9.99. The number of hydrogen-bond acceptors (Lipinski definition) is 4. The van der Waals surface area contributed by atoms with Gasteiger partial charge in [-0.15, -0.1) is 0 Å². The van der Waals surface area contributed by atoms with Crippen LogP contribution in [0.2, 0.25) is 0 Å². The largest absolute Gasteiger partial charge is 0.353 e. The molecule has 1 aromatic carbocycles. The number of aryl methyl sites for hydroxylation is 1. The molecule has 0 atom stereocenters. The molecule has 1 saturated heterocycles. The van der Waals surface area contributed by atoms with Crippen molar-refractivity contribution in [3.8, 4) is 5.69 Å². The van der Waals surface area contributed by atoms with Gasteiger partial charge in [-0.25, -0.2) is 14.3 Å². The highest BCUT2D eigenvalue weighted by molar-refractivity contribution is 5.80. The number of fused-ring (bicyclic) bond motifs is 1. The van der Waals surface area contributed by atoms with Crippen LogP contribution in [-0.4, -0.2) is 51.1 Å². The first-order chi connectivity index (χ1) is 14.5. The highest BCUT2D eigenvalue weighted by Gasteiger charge is 2.18. The van der Waals surface area contributed by atoms with Gasteiger partial charge in [0.1, 0.15) is 6.54 Å². The number of aromatic nitrogens is 3. The number of hydrogen-bond donors (Lipinski definition) is 1. The van der Waals surface area contributed by atoms with Gasteiger partial charge in [0.15, 0.2) is 5.65 Å². The molecule has 158 valence electrons. The third kappa shape index (κ3) is 4.31. The van der Waals surface area contributed by atoms with E-state index in [1.165, 1.54) is 17.4 Å². The number of nitrogens with zero attached hydrogens (tertiary/aromatic N) is 4. The summed E-state index contributed by atoms with van der Waals surface area (Å²) < 4.78 is 3.07. The molecule has 4 rings (SSSR count). The molecular formula is C23H29N5O2. The molecule has 0 bridgehead atoms. The Morgan fingerprint density at radius 3 is 2.63 bits per heavy atom. The van der Waals surface area contributed by atoms with E-state index in [9.17, 15) is 9.59 Å². The smallest absolute Gasteiger partial charge is 0.335 e. The van der Waals surface area contributed by atoms with E-state index in [0.717, 1.165) is 36.8 Å². The Morgan fingerprint density at radius 1 is 1.17 bits per heavy atom. The van der Waals surface area contributed by atoms with Gasteiger partial charge in [-0.2, -0.15) is 0 Å². The summed E-state index contributed by atoms with van der Waals surface area (Å²) in [7, 11) is 0. The number of carbonyl (C=O) groups is 1. The zero-order valence-corrected chi connectivity index (χ0v) is 17.7. The molecule has 1 aliphatic rings. The molecule has 1 N–H and O–H groups in total. The third-order valence-electron chi connectivity index (χ3n) is 5.91. The van der Waals surface area contributed by atoms with Gasteiger partial charge in [0.05, 0.1) is 11.2 Å². The molecule has 30 heavy (non-hydrogen) atoms. The molecule has 7 heteroatoms. The molecule has 1 amide bonds. The van der Waals surface area contributed by atoms with Crippen LogP contribution in [0.5, 0.6) is 0 Å². The van der Waals surface area contributed by atoms with Crippen molar-refractivity contribution in [3.63, 3.8) is 0 Å². The number of carbonyl (C=O) groups excluding carboxylic acids is 1. The summed E-state index contributed by atoms with van der Waals surface area (Å²) in [6.07, 6.45) is 4.10. The van der Waals surface area contributed by atoms with Crippen LogP contribution in [0.4, 0.5) is 0 Å². The predicted octanol–water partition coefficient (Wildman–Crippen LogP) is 2.34. The maximum atomic E-state index is 13.2. The van der Waals surface area contributed by atoms with Crippen molar-refractivity contribution in [3.05, 3.63) is 58.6 Å². The topological polar surface area (TPSA) is 72.2 Å². The van der Waals surface area contributed by atoms with Crippen LogP contribution in [-0.2, 0) is 11.3 Å². The molecule has 1 aliphatic heterocycles. The Morgan fingerprint density at radius 2 is 1.90 bits per heavy atom. The number of nitrogens with one attached hydrogen (secondary N) is 1. The quantitative estimate of drug-likeness (QED) is 0.681. The molecular weight excluding hydrogens is 378 g/mol. The van der Waals surface area contributed by atoms with Crippen LogP contribution in [0, 0.1) is 12.8 Å². The first-order valence-electron chi connectivity index (χ1n) is 10.7. The fraction of sp³-hybridized carbons (Fsp3) is 0.435. The van der Waals surface area contributed by atoms with Gasteiger partial charge >= 0.3 is 5.69 Å². The van der Waals surface area contributed by atoms with Gasteiger partial charge < -0.3 is 10.2 Å². The minimum atomic E-state index is -0.257. The van der Waals surface area contributed by atoms with Gasteiger partial charge in [0.2, 0.25) is 5.91 Å². The van der Waals surface area contributed by atoms with Crippen molar-refractivity contribution in [2.24, 2.45) is 5.92 Å². The summed E-state index contributed by atoms with van der Waals surface area (Å²) in [6.45, 7) is 7.90. The predicted molar refractivity (Wildman–Crippen MR) is 118 cm³/mol. The molecule has 3 aromatic rings. The Labute approximate surface area is 176 Å². The SMILES string of the molecule is Cc1ccc(-n2c(=O)n(CC(=O)NCCN3CCC(C)CC3)c3cccnc32)cc1. The maximum absolute atomic E-state index is 13.2. The first kappa shape index (κ1) is 20.3. The third-order valence-corrected chi connectivity index (χ3v) is 5.91. The number of rotatable bonds is 6. The lowest BCUT2D eigenvalue weighted by Crippen LogP contribution is -2.40. The summed E-state index contributed by atoms with van der Waals surface area (Å²) in [5.41, 5.74) is 2.82. The van der Waals surface area contributed by atoms with Crippen LogP contribution in [0.25, 0.3) is 16.9 Å². The molecule has 1 fully saturated rings. The lowest BCUT2D eigenvalue weighted by Gasteiger charge is -2.30. The second-order valence-electron chi connectivity index (χ2n) is 8.26. The highest BCUT2D eigenvalue weighted by Crippen LogP contribution is 2.16. The van der Waals surface area contributed by atoms with Gasteiger partial charge in [0.25, 0.3) is 0 Å². The van der Waals surface area contributed by atoms with Crippen molar-refractivity contribution in [2.45, 2.75) is 33.2 Å². The van der Waals surface area contributed by atoms with Crippen LogP contribution >= 0.6 is 0 Å². The molecule has 0 aliphatic carbocycles. The van der Waals surface area contributed by atoms with E-state index in [1.807, 2.05) is 37.3 Å². The fourth-order valence-corrected chi connectivity index (χ4v) is 4.00. The van der Waals surface area contributed by atoms with E-state index in [0.29, 0.717) is 17.7 Å². The standard InChI is InChI=1S/C23H29N5O2/c1-17-5-7-19(8-6-17)28-22-20(4-3-11-25-22)27(23(28)30)16-21(29)24-12-15-26-13-9-18(2)10-14-26/h3-8,11,18H,9-10,12-16H2,1-2H3,(H,24,29). The van der Waals surface area contributed by atoms with E-state index in [2.05, 4.69) is 22.1 Å². The summed E-state index contributed by atoms with van der Waals surface area (Å²) in [5.74, 6) is 0.636. The zero-order valence-electron chi connectivity index (χ0n) is 17.7. The molecule has 0 saturated carbocycles. The monoisotopic (exact) mass is 407 g/mol. The van der Waals surface area contributed by atoms with Crippen LogP contribution in [0.3, 0.4) is 0 Å². The molecule has 3 heterocycles. The number of pyridine rings is 1. The molecule has 0 radical (unpaired) electrons.